The second-order valence-corrected chi connectivity index (χ2v) is 8.06. The van der Waals surface area contributed by atoms with Crippen molar-refractivity contribution in [2.24, 2.45) is 5.92 Å². The molecule has 1 saturated carbocycles. The molecule has 7 nitrogen and oxygen atoms in total. The van der Waals surface area contributed by atoms with Crippen molar-refractivity contribution < 1.29 is 23.6 Å². The summed E-state index contributed by atoms with van der Waals surface area (Å²) in [5.74, 6) is 0.778. The van der Waals surface area contributed by atoms with Crippen LogP contribution in [0.4, 0.5) is 0 Å². The Labute approximate surface area is 157 Å². The minimum Gasteiger partial charge on any atom is -0.466 e. The second-order valence-electron chi connectivity index (χ2n) is 6.82. The molecule has 3 rings (SSSR count). The zero-order valence-electron chi connectivity index (χ0n) is 15.0. The minimum absolute atomic E-state index is 0.254. The molecule has 8 heteroatoms. The van der Waals surface area contributed by atoms with Gasteiger partial charge in [0.25, 0.3) is 5.56 Å². The summed E-state index contributed by atoms with van der Waals surface area (Å²) in [5, 5.41) is 0. The van der Waals surface area contributed by atoms with Crippen LogP contribution in [0.15, 0.2) is 41.2 Å². The molecule has 1 aliphatic carbocycles. The lowest BCUT2D eigenvalue weighted by molar-refractivity contribution is 0.0831. The van der Waals surface area contributed by atoms with Gasteiger partial charge in [0.1, 0.15) is 5.75 Å². The van der Waals surface area contributed by atoms with Crippen LogP contribution in [0.25, 0.3) is 11.1 Å². The number of hydrogen-bond acceptors (Lipinski definition) is 4. The van der Waals surface area contributed by atoms with Gasteiger partial charge in [-0.2, -0.15) is 0 Å². The van der Waals surface area contributed by atoms with Crippen molar-refractivity contribution in [2.75, 3.05) is 6.79 Å². The van der Waals surface area contributed by atoms with Gasteiger partial charge in [0, 0.05) is 11.8 Å². The molecule has 0 unspecified atom stereocenters. The molecule has 1 fully saturated rings. The third kappa shape index (κ3) is 5.78. The molecule has 1 aliphatic rings. The highest BCUT2D eigenvalue weighted by Crippen LogP contribution is 2.36. The topological polar surface area (TPSA) is 109 Å². The van der Waals surface area contributed by atoms with E-state index >= 15 is 0 Å². The van der Waals surface area contributed by atoms with Gasteiger partial charge in [0.05, 0.1) is 5.56 Å². The fourth-order valence-corrected chi connectivity index (χ4v) is 3.74. The van der Waals surface area contributed by atoms with Gasteiger partial charge >= 0.3 is 7.82 Å². The van der Waals surface area contributed by atoms with Gasteiger partial charge in [0.15, 0.2) is 6.79 Å². The molecular weight excluding hydrogens is 369 g/mol. The molecule has 0 atom stereocenters. The zero-order chi connectivity index (χ0) is 19.3. The molecule has 0 bridgehead atoms. The van der Waals surface area contributed by atoms with E-state index < -0.39 is 14.6 Å². The summed E-state index contributed by atoms with van der Waals surface area (Å²) in [6, 6.07) is 10.7. The third-order valence-electron chi connectivity index (χ3n) is 4.78. The van der Waals surface area contributed by atoms with E-state index in [0.717, 1.165) is 25.0 Å². The van der Waals surface area contributed by atoms with Crippen molar-refractivity contribution in [3.63, 3.8) is 0 Å². The number of rotatable bonds is 7. The number of aromatic amines is 1. The Balaban J connectivity index is 1.89. The van der Waals surface area contributed by atoms with Gasteiger partial charge in [-0.3, -0.25) is 4.79 Å². The lowest BCUT2D eigenvalue weighted by Gasteiger charge is -2.22. The van der Waals surface area contributed by atoms with Crippen LogP contribution in [0.1, 0.15) is 37.8 Å². The van der Waals surface area contributed by atoms with Crippen LogP contribution in [0.5, 0.6) is 5.75 Å². The van der Waals surface area contributed by atoms with Gasteiger partial charge < -0.3 is 19.5 Å². The molecule has 3 N–H and O–H groups in total. The Bertz CT molecular complexity index is 854. The van der Waals surface area contributed by atoms with Crippen LogP contribution in [0, 0.1) is 5.92 Å². The van der Waals surface area contributed by atoms with Crippen molar-refractivity contribution in [2.45, 2.75) is 38.5 Å². The molecule has 0 saturated heterocycles. The molecule has 2 aromatic rings. The van der Waals surface area contributed by atoms with Gasteiger partial charge in [-0.05, 0) is 17.9 Å². The summed E-state index contributed by atoms with van der Waals surface area (Å²) in [6.45, 7) is -0.642. The Morgan fingerprint density at radius 3 is 2.48 bits per heavy atom. The standard InChI is InChI=1S/C19H24NO6P/c21-19-18(15-9-5-2-6-10-15)17(25-13-26-27(22,23)24)12-16(20-19)11-14-7-3-1-4-8-14/h2,5-6,9-10,12,14H,1,3-4,7-8,11,13H2,(H,20,21)(H2,22,23,24). The van der Waals surface area contributed by atoms with Gasteiger partial charge in [0.2, 0.25) is 0 Å². The number of benzene rings is 1. The normalized spacial score (nSPS) is 15.6. The van der Waals surface area contributed by atoms with Crippen molar-refractivity contribution >= 4 is 7.82 Å². The summed E-state index contributed by atoms with van der Waals surface area (Å²) in [7, 11) is -4.65. The van der Waals surface area contributed by atoms with E-state index in [1.54, 1.807) is 30.3 Å². The smallest absolute Gasteiger partial charge is 0.466 e. The van der Waals surface area contributed by atoms with Crippen LogP contribution in [0.3, 0.4) is 0 Å². The molecule has 0 spiro atoms. The first-order chi connectivity index (χ1) is 12.9. The minimum atomic E-state index is -4.65. The van der Waals surface area contributed by atoms with Gasteiger partial charge in [-0.15, -0.1) is 0 Å². The first-order valence-corrected chi connectivity index (χ1v) is 10.6. The molecule has 0 aliphatic heterocycles. The third-order valence-corrected chi connectivity index (χ3v) is 5.23. The van der Waals surface area contributed by atoms with Crippen molar-refractivity contribution in [3.8, 4) is 16.9 Å². The number of aromatic nitrogens is 1. The van der Waals surface area contributed by atoms with Crippen LogP contribution in [-0.4, -0.2) is 21.6 Å². The van der Waals surface area contributed by atoms with E-state index in [1.165, 1.54) is 19.3 Å². The number of pyridine rings is 1. The van der Waals surface area contributed by atoms with Crippen molar-refractivity contribution in [1.29, 1.82) is 0 Å². The number of ether oxygens (including phenoxy) is 1. The highest BCUT2D eigenvalue weighted by molar-refractivity contribution is 7.46. The van der Waals surface area contributed by atoms with E-state index in [2.05, 4.69) is 9.51 Å². The SMILES string of the molecule is O=c1[nH]c(CC2CCCCC2)cc(OCOP(=O)(O)O)c1-c1ccccc1. The largest absolute Gasteiger partial charge is 0.472 e. The zero-order valence-corrected chi connectivity index (χ0v) is 15.9. The van der Waals surface area contributed by atoms with E-state index in [4.69, 9.17) is 14.5 Å². The first kappa shape index (κ1) is 19.8. The summed E-state index contributed by atoms with van der Waals surface area (Å²) in [6.07, 6.45) is 6.70. The average Bonchev–Trinajstić information content (AvgIpc) is 2.62. The van der Waals surface area contributed by atoms with E-state index in [1.807, 2.05) is 6.07 Å². The molecule has 27 heavy (non-hydrogen) atoms. The summed E-state index contributed by atoms with van der Waals surface area (Å²) in [5.41, 5.74) is 1.45. The quantitative estimate of drug-likeness (QED) is 0.490. The lowest BCUT2D eigenvalue weighted by Crippen LogP contribution is -2.17. The fraction of sp³-hybridized carbons (Fsp3) is 0.421. The van der Waals surface area contributed by atoms with Crippen molar-refractivity contribution in [3.05, 3.63) is 52.4 Å². The van der Waals surface area contributed by atoms with Crippen LogP contribution < -0.4 is 10.3 Å². The molecule has 1 aromatic carbocycles. The summed E-state index contributed by atoms with van der Waals surface area (Å²) >= 11 is 0. The van der Waals surface area contributed by atoms with Crippen LogP contribution in [-0.2, 0) is 15.5 Å². The van der Waals surface area contributed by atoms with Crippen LogP contribution >= 0.6 is 7.82 Å². The van der Waals surface area contributed by atoms with Gasteiger partial charge in [-0.1, -0.05) is 62.4 Å². The summed E-state index contributed by atoms with van der Waals surface area (Å²) in [4.78, 5) is 33.4. The number of H-pyrrole nitrogens is 1. The number of nitrogens with one attached hydrogen (secondary N) is 1. The molecule has 1 heterocycles. The first-order valence-electron chi connectivity index (χ1n) is 9.07. The fourth-order valence-electron chi connectivity index (χ4n) is 3.55. The summed E-state index contributed by atoms with van der Waals surface area (Å²) < 4.78 is 20.7. The molecule has 1 aromatic heterocycles. The maximum Gasteiger partial charge on any atom is 0.472 e. The predicted molar refractivity (Wildman–Crippen MR) is 101 cm³/mol. The number of phosphoric acid groups is 1. The monoisotopic (exact) mass is 393 g/mol. The predicted octanol–water partition coefficient (Wildman–Crippen LogP) is 3.61. The highest BCUT2D eigenvalue weighted by Gasteiger charge is 2.19. The number of hydrogen-bond donors (Lipinski definition) is 3. The second kappa shape index (κ2) is 8.85. The van der Waals surface area contributed by atoms with E-state index in [0.29, 0.717) is 17.0 Å². The average molecular weight is 393 g/mol. The Kier molecular flexibility index (Phi) is 6.50. The van der Waals surface area contributed by atoms with E-state index in [-0.39, 0.29) is 11.3 Å². The molecule has 0 radical (unpaired) electrons. The Hall–Kier alpha value is -1.92. The maximum atomic E-state index is 12.7. The Morgan fingerprint density at radius 1 is 1.11 bits per heavy atom. The van der Waals surface area contributed by atoms with E-state index in [9.17, 15) is 9.36 Å². The molecule has 146 valence electrons. The lowest BCUT2D eigenvalue weighted by atomic mass is 9.86. The maximum absolute atomic E-state index is 12.7. The Morgan fingerprint density at radius 2 is 1.81 bits per heavy atom. The number of phosphoric ester groups is 1. The van der Waals surface area contributed by atoms with Gasteiger partial charge in [-0.25, -0.2) is 9.09 Å². The van der Waals surface area contributed by atoms with Crippen molar-refractivity contribution in [1.82, 2.24) is 4.98 Å². The molecular formula is C19H24NO6P. The molecule has 0 amide bonds. The van der Waals surface area contributed by atoms with Crippen LogP contribution in [0.2, 0.25) is 0 Å². The highest BCUT2D eigenvalue weighted by atomic mass is 31.2.